The second kappa shape index (κ2) is 5.17. The Bertz CT molecular complexity index is 758. The van der Waals surface area contributed by atoms with Crippen LogP contribution in [0.3, 0.4) is 0 Å². The molecule has 1 aliphatic rings. The fourth-order valence-electron chi connectivity index (χ4n) is 2.55. The number of nitrogens with two attached hydrogens (primary N) is 1. The Balaban J connectivity index is 1.62. The lowest BCUT2D eigenvalue weighted by atomic mass is 9.99. The van der Waals surface area contributed by atoms with Gasteiger partial charge in [-0.05, 0) is 52.9 Å². The predicted octanol–water partition coefficient (Wildman–Crippen LogP) is 4.49. The fourth-order valence-corrected chi connectivity index (χ4v) is 3.55. The molecule has 0 radical (unpaired) electrons. The molecule has 1 unspecified atom stereocenters. The van der Waals surface area contributed by atoms with Gasteiger partial charge in [-0.25, -0.2) is 0 Å². The summed E-state index contributed by atoms with van der Waals surface area (Å²) in [6.07, 6.45) is 2.80. The Kier molecular flexibility index (Phi) is 3.17. The number of hydrogen-bond donors (Lipinski definition) is 1. The molecule has 0 amide bonds. The molecule has 0 spiro atoms. The molecular weight excluding hydrogens is 278 g/mol. The lowest BCUT2D eigenvalue weighted by Crippen LogP contribution is -2.11. The quantitative estimate of drug-likeness (QED) is 0.769. The van der Waals surface area contributed by atoms with Crippen LogP contribution in [-0.2, 0) is 0 Å². The van der Waals surface area contributed by atoms with Crippen LogP contribution < -0.4 is 10.5 Å². The molecule has 1 aliphatic carbocycles. The zero-order chi connectivity index (χ0) is 14.2. The van der Waals surface area contributed by atoms with Gasteiger partial charge in [-0.3, -0.25) is 0 Å². The summed E-state index contributed by atoms with van der Waals surface area (Å²) in [5, 5.41) is 3.43. The topological polar surface area (TPSA) is 35.2 Å². The van der Waals surface area contributed by atoms with Crippen LogP contribution in [0.2, 0.25) is 0 Å². The number of rotatable bonds is 4. The normalized spacial score (nSPS) is 16.0. The van der Waals surface area contributed by atoms with E-state index >= 15 is 0 Å². The molecule has 106 valence electrons. The van der Waals surface area contributed by atoms with Crippen LogP contribution >= 0.6 is 11.3 Å². The van der Waals surface area contributed by atoms with Crippen LogP contribution in [0, 0.1) is 0 Å². The largest absolute Gasteiger partial charge is 0.490 e. The van der Waals surface area contributed by atoms with Crippen molar-refractivity contribution in [2.75, 3.05) is 0 Å². The number of fused-ring (bicyclic) bond motifs is 1. The molecule has 21 heavy (non-hydrogen) atoms. The highest BCUT2D eigenvalue weighted by Gasteiger charge is 2.23. The van der Waals surface area contributed by atoms with Gasteiger partial charge in [0.1, 0.15) is 5.75 Å². The Morgan fingerprint density at radius 2 is 1.81 bits per heavy atom. The number of hydrogen-bond acceptors (Lipinski definition) is 3. The highest BCUT2D eigenvalue weighted by molar-refractivity contribution is 7.17. The van der Waals surface area contributed by atoms with Crippen LogP contribution in [0.25, 0.3) is 10.1 Å². The van der Waals surface area contributed by atoms with Crippen molar-refractivity contribution in [1.29, 1.82) is 0 Å². The SMILES string of the molecule is NC(c1ccc(OC2CC2)cc1)c1csc2ccccc12. The molecule has 4 rings (SSSR count). The summed E-state index contributed by atoms with van der Waals surface area (Å²) in [7, 11) is 0. The third-order valence-electron chi connectivity index (χ3n) is 3.91. The number of ether oxygens (including phenoxy) is 1. The first-order chi connectivity index (χ1) is 10.3. The number of benzene rings is 2. The molecular formula is C18H17NOS. The zero-order valence-corrected chi connectivity index (χ0v) is 12.5. The van der Waals surface area contributed by atoms with E-state index < -0.39 is 0 Å². The summed E-state index contributed by atoms with van der Waals surface area (Å²) in [6, 6.07) is 16.6. The Morgan fingerprint density at radius 1 is 1.05 bits per heavy atom. The van der Waals surface area contributed by atoms with Gasteiger partial charge < -0.3 is 10.5 Å². The molecule has 2 aromatic carbocycles. The lowest BCUT2D eigenvalue weighted by Gasteiger charge is -2.12. The Hall–Kier alpha value is -1.84. The zero-order valence-electron chi connectivity index (χ0n) is 11.7. The summed E-state index contributed by atoms with van der Waals surface area (Å²) >= 11 is 1.75. The van der Waals surface area contributed by atoms with Gasteiger partial charge in [0.15, 0.2) is 0 Å². The van der Waals surface area contributed by atoms with Crippen LogP contribution in [0.5, 0.6) is 5.75 Å². The third kappa shape index (κ3) is 2.55. The van der Waals surface area contributed by atoms with E-state index in [-0.39, 0.29) is 6.04 Å². The van der Waals surface area contributed by atoms with Crippen molar-refractivity contribution in [2.45, 2.75) is 25.0 Å². The van der Waals surface area contributed by atoms with E-state index in [4.69, 9.17) is 10.5 Å². The molecule has 3 aromatic rings. The van der Waals surface area contributed by atoms with Gasteiger partial charge >= 0.3 is 0 Å². The molecule has 0 bridgehead atoms. The van der Waals surface area contributed by atoms with Gasteiger partial charge in [-0.1, -0.05) is 30.3 Å². The first-order valence-electron chi connectivity index (χ1n) is 7.29. The van der Waals surface area contributed by atoms with E-state index in [0.29, 0.717) is 6.10 Å². The van der Waals surface area contributed by atoms with E-state index in [1.807, 2.05) is 12.1 Å². The van der Waals surface area contributed by atoms with E-state index in [2.05, 4.69) is 41.8 Å². The molecule has 3 heteroatoms. The summed E-state index contributed by atoms with van der Waals surface area (Å²) in [5.74, 6) is 0.948. The first kappa shape index (κ1) is 12.9. The van der Waals surface area contributed by atoms with Crippen molar-refractivity contribution in [3.63, 3.8) is 0 Å². The molecule has 1 aromatic heterocycles. The minimum Gasteiger partial charge on any atom is -0.490 e. The van der Waals surface area contributed by atoms with Gasteiger partial charge in [-0.2, -0.15) is 0 Å². The highest BCUT2D eigenvalue weighted by atomic mass is 32.1. The highest BCUT2D eigenvalue weighted by Crippen LogP contribution is 2.33. The average molecular weight is 295 g/mol. The molecule has 1 fully saturated rings. The van der Waals surface area contributed by atoms with Crippen LogP contribution in [0.15, 0.2) is 53.9 Å². The van der Waals surface area contributed by atoms with Gasteiger partial charge in [-0.15, -0.1) is 11.3 Å². The molecule has 1 atom stereocenters. The third-order valence-corrected chi connectivity index (χ3v) is 4.89. The Labute approximate surface area is 128 Å². The summed E-state index contributed by atoms with van der Waals surface area (Å²) < 4.78 is 7.07. The van der Waals surface area contributed by atoms with Crippen LogP contribution in [0.1, 0.15) is 30.0 Å². The minimum absolute atomic E-state index is 0.0869. The monoisotopic (exact) mass is 295 g/mol. The molecule has 2 nitrogen and oxygen atoms in total. The van der Waals surface area contributed by atoms with Crippen molar-refractivity contribution in [1.82, 2.24) is 0 Å². The predicted molar refractivity (Wildman–Crippen MR) is 87.9 cm³/mol. The molecule has 0 saturated heterocycles. The molecule has 1 heterocycles. The van der Waals surface area contributed by atoms with Crippen molar-refractivity contribution >= 4 is 21.4 Å². The smallest absolute Gasteiger partial charge is 0.119 e. The van der Waals surface area contributed by atoms with E-state index in [1.54, 1.807) is 11.3 Å². The van der Waals surface area contributed by atoms with E-state index in [1.165, 1.54) is 28.5 Å². The first-order valence-corrected chi connectivity index (χ1v) is 8.17. The number of thiophene rings is 1. The van der Waals surface area contributed by atoms with Crippen molar-refractivity contribution in [3.8, 4) is 5.75 Å². The van der Waals surface area contributed by atoms with Crippen molar-refractivity contribution < 1.29 is 4.74 Å². The Morgan fingerprint density at radius 3 is 2.57 bits per heavy atom. The molecule has 1 saturated carbocycles. The van der Waals surface area contributed by atoms with Gasteiger partial charge in [0.2, 0.25) is 0 Å². The lowest BCUT2D eigenvalue weighted by molar-refractivity contribution is 0.303. The van der Waals surface area contributed by atoms with Gasteiger partial charge in [0.25, 0.3) is 0 Å². The van der Waals surface area contributed by atoms with Crippen molar-refractivity contribution in [2.24, 2.45) is 5.73 Å². The maximum atomic E-state index is 6.46. The summed E-state index contributed by atoms with van der Waals surface area (Å²) in [6.45, 7) is 0. The second-order valence-corrected chi connectivity index (χ2v) is 6.46. The second-order valence-electron chi connectivity index (χ2n) is 5.55. The molecule has 2 N–H and O–H groups in total. The van der Waals surface area contributed by atoms with E-state index in [0.717, 1.165) is 11.3 Å². The van der Waals surface area contributed by atoms with Gasteiger partial charge in [0.05, 0.1) is 12.1 Å². The average Bonchev–Trinajstić information content (AvgIpc) is 3.23. The van der Waals surface area contributed by atoms with Crippen LogP contribution in [0.4, 0.5) is 0 Å². The van der Waals surface area contributed by atoms with Crippen LogP contribution in [-0.4, -0.2) is 6.10 Å². The summed E-state index contributed by atoms with van der Waals surface area (Å²) in [4.78, 5) is 0. The maximum absolute atomic E-state index is 6.46. The minimum atomic E-state index is -0.0869. The fraction of sp³-hybridized carbons (Fsp3) is 0.222. The van der Waals surface area contributed by atoms with Crippen molar-refractivity contribution in [3.05, 3.63) is 65.0 Å². The molecule has 0 aliphatic heterocycles. The van der Waals surface area contributed by atoms with Gasteiger partial charge in [0, 0.05) is 4.70 Å². The standard InChI is InChI=1S/C18H17NOS/c19-18(16-11-21-17-4-2-1-3-15(16)17)12-5-7-13(8-6-12)20-14-9-10-14/h1-8,11,14,18H,9-10,19H2. The van der Waals surface area contributed by atoms with E-state index in [9.17, 15) is 0 Å². The summed E-state index contributed by atoms with van der Waals surface area (Å²) in [5.41, 5.74) is 8.78. The maximum Gasteiger partial charge on any atom is 0.119 e.